The summed E-state index contributed by atoms with van der Waals surface area (Å²) >= 11 is 4.70. The van der Waals surface area contributed by atoms with Crippen LogP contribution in [0.1, 0.15) is 17.7 Å². The van der Waals surface area contributed by atoms with Crippen molar-refractivity contribution < 1.29 is 22.7 Å². The minimum Gasteiger partial charge on any atom is -0.405 e. The monoisotopic (exact) mass is 374 g/mol. The molecule has 0 spiro atoms. The Morgan fingerprint density at radius 1 is 1.32 bits per heavy atom. The first-order valence-corrected chi connectivity index (χ1v) is 7.43. The standard InChI is InChI=1S/C14H13F3N4O3S/c15-14(16,17)24-10-4-2-1-3-8(10)7-18-11(22)6-5-9-12(23)19-13(25)21-20-9/h1-4H,5-7H2,(H,18,22)(H2,19,21,23,25). The van der Waals surface area contributed by atoms with Crippen molar-refractivity contribution in [1.29, 1.82) is 0 Å². The first-order chi connectivity index (χ1) is 11.7. The zero-order chi connectivity index (χ0) is 18.4. The molecule has 1 amide bonds. The number of hydrogen-bond donors (Lipinski definition) is 3. The van der Waals surface area contributed by atoms with Crippen LogP contribution < -0.4 is 15.6 Å². The molecule has 0 aliphatic rings. The van der Waals surface area contributed by atoms with Gasteiger partial charge in [-0.05, 0) is 18.3 Å². The number of para-hydroxylation sites is 1. The highest BCUT2D eigenvalue weighted by molar-refractivity contribution is 7.71. The van der Waals surface area contributed by atoms with Crippen molar-refractivity contribution >= 4 is 18.1 Å². The molecule has 1 aromatic heterocycles. The number of amides is 1. The van der Waals surface area contributed by atoms with E-state index >= 15 is 0 Å². The number of benzene rings is 1. The van der Waals surface area contributed by atoms with Gasteiger partial charge >= 0.3 is 6.36 Å². The molecule has 11 heteroatoms. The number of carbonyl (C=O) groups excluding carboxylic acids is 1. The van der Waals surface area contributed by atoms with Crippen LogP contribution in [0.2, 0.25) is 0 Å². The lowest BCUT2D eigenvalue weighted by Crippen LogP contribution is -2.26. The number of rotatable bonds is 6. The second-order valence-electron chi connectivity index (χ2n) is 4.89. The van der Waals surface area contributed by atoms with Crippen molar-refractivity contribution in [2.24, 2.45) is 0 Å². The zero-order valence-corrected chi connectivity index (χ0v) is 13.5. The molecule has 0 saturated heterocycles. The highest BCUT2D eigenvalue weighted by atomic mass is 32.1. The van der Waals surface area contributed by atoms with Crippen LogP contribution in [0.5, 0.6) is 5.75 Å². The summed E-state index contributed by atoms with van der Waals surface area (Å²) in [6.45, 7) is -0.147. The van der Waals surface area contributed by atoms with Gasteiger partial charge < -0.3 is 10.1 Å². The summed E-state index contributed by atoms with van der Waals surface area (Å²) in [5, 5.41) is 8.60. The fraction of sp³-hybridized carbons (Fsp3) is 0.286. The number of aromatic nitrogens is 3. The van der Waals surface area contributed by atoms with Gasteiger partial charge in [-0.15, -0.1) is 13.2 Å². The highest BCUT2D eigenvalue weighted by Gasteiger charge is 2.31. The van der Waals surface area contributed by atoms with E-state index in [4.69, 9.17) is 12.2 Å². The van der Waals surface area contributed by atoms with Crippen LogP contribution in [0.3, 0.4) is 0 Å². The van der Waals surface area contributed by atoms with Gasteiger partial charge in [0.25, 0.3) is 5.56 Å². The van der Waals surface area contributed by atoms with E-state index in [0.717, 1.165) is 6.07 Å². The Morgan fingerprint density at radius 2 is 2.04 bits per heavy atom. The lowest BCUT2D eigenvalue weighted by molar-refractivity contribution is -0.274. The van der Waals surface area contributed by atoms with E-state index in [0.29, 0.717) is 0 Å². The Morgan fingerprint density at radius 3 is 2.72 bits per heavy atom. The zero-order valence-electron chi connectivity index (χ0n) is 12.6. The molecule has 2 rings (SSSR count). The Kier molecular flexibility index (Phi) is 5.91. The van der Waals surface area contributed by atoms with Gasteiger partial charge in [0, 0.05) is 24.9 Å². The molecule has 0 atom stereocenters. The number of H-pyrrole nitrogens is 2. The number of alkyl halides is 3. The number of aromatic amines is 2. The fourth-order valence-electron chi connectivity index (χ4n) is 1.93. The first kappa shape index (κ1) is 18.6. The number of nitrogens with zero attached hydrogens (tertiary/aromatic N) is 1. The summed E-state index contributed by atoms with van der Waals surface area (Å²) in [6.07, 6.45) is -4.84. The van der Waals surface area contributed by atoms with Gasteiger partial charge in [0.1, 0.15) is 11.4 Å². The van der Waals surface area contributed by atoms with Crippen molar-refractivity contribution in [3.05, 3.63) is 50.6 Å². The molecule has 3 N–H and O–H groups in total. The first-order valence-electron chi connectivity index (χ1n) is 7.03. The lowest BCUT2D eigenvalue weighted by Gasteiger charge is -2.13. The summed E-state index contributed by atoms with van der Waals surface area (Å²) in [7, 11) is 0. The van der Waals surface area contributed by atoms with E-state index in [-0.39, 0.29) is 41.2 Å². The molecule has 2 aromatic rings. The SMILES string of the molecule is O=C(CCc1n[nH]c(=S)[nH]c1=O)NCc1ccccc1OC(F)(F)F. The number of ether oxygens (including phenoxy) is 1. The average molecular weight is 374 g/mol. The maximum atomic E-state index is 12.3. The van der Waals surface area contributed by atoms with Crippen LogP contribution in [0.25, 0.3) is 0 Å². The van der Waals surface area contributed by atoms with E-state index in [9.17, 15) is 22.8 Å². The quantitative estimate of drug-likeness (QED) is 0.672. The molecule has 0 bridgehead atoms. The number of halogens is 3. The predicted molar refractivity (Wildman–Crippen MR) is 83.3 cm³/mol. The van der Waals surface area contributed by atoms with E-state index < -0.39 is 17.8 Å². The topological polar surface area (TPSA) is 99.9 Å². The molecular weight excluding hydrogens is 361 g/mol. The molecule has 7 nitrogen and oxygen atoms in total. The summed E-state index contributed by atoms with van der Waals surface area (Å²) in [4.78, 5) is 25.7. The maximum Gasteiger partial charge on any atom is 0.573 e. The third-order valence-corrected chi connectivity index (χ3v) is 3.24. The van der Waals surface area contributed by atoms with E-state index in [1.54, 1.807) is 0 Å². The predicted octanol–water partition coefficient (Wildman–Crippen LogP) is 1.98. The highest BCUT2D eigenvalue weighted by Crippen LogP contribution is 2.26. The molecule has 1 heterocycles. The van der Waals surface area contributed by atoms with Crippen LogP contribution >= 0.6 is 12.2 Å². The van der Waals surface area contributed by atoms with Gasteiger partial charge in [0.2, 0.25) is 5.91 Å². The Hall–Kier alpha value is -2.69. The molecule has 25 heavy (non-hydrogen) atoms. The van der Waals surface area contributed by atoms with Gasteiger partial charge in [-0.2, -0.15) is 5.10 Å². The van der Waals surface area contributed by atoms with Crippen molar-refractivity contribution in [2.45, 2.75) is 25.7 Å². The summed E-state index contributed by atoms with van der Waals surface area (Å²) in [5.41, 5.74) is -0.224. The second-order valence-corrected chi connectivity index (χ2v) is 5.29. The number of carbonyl (C=O) groups is 1. The van der Waals surface area contributed by atoms with Crippen LogP contribution in [0.15, 0.2) is 29.1 Å². The van der Waals surface area contributed by atoms with Crippen molar-refractivity contribution in [3.63, 3.8) is 0 Å². The normalized spacial score (nSPS) is 11.2. The minimum absolute atomic E-state index is 0.0496. The van der Waals surface area contributed by atoms with Gasteiger partial charge in [0.15, 0.2) is 4.77 Å². The smallest absolute Gasteiger partial charge is 0.405 e. The summed E-state index contributed by atoms with van der Waals surface area (Å²) in [6, 6.07) is 5.49. The molecule has 0 saturated carbocycles. The van der Waals surface area contributed by atoms with Crippen LogP contribution in [0.4, 0.5) is 13.2 Å². The lowest BCUT2D eigenvalue weighted by atomic mass is 10.2. The van der Waals surface area contributed by atoms with E-state index in [1.807, 2.05) is 0 Å². The number of aryl methyl sites for hydroxylation is 1. The van der Waals surface area contributed by atoms with Gasteiger partial charge in [0.05, 0.1) is 0 Å². The average Bonchev–Trinajstić information content (AvgIpc) is 2.52. The maximum absolute atomic E-state index is 12.3. The van der Waals surface area contributed by atoms with Crippen LogP contribution in [-0.2, 0) is 17.8 Å². The molecule has 0 fully saturated rings. The molecule has 0 unspecified atom stereocenters. The molecule has 0 radical (unpaired) electrons. The largest absolute Gasteiger partial charge is 0.573 e. The Labute approximate surface area is 144 Å². The third-order valence-electron chi connectivity index (χ3n) is 3.04. The van der Waals surface area contributed by atoms with Crippen LogP contribution in [-0.4, -0.2) is 27.5 Å². The van der Waals surface area contributed by atoms with E-state index in [1.165, 1.54) is 18.2 Å². The van der Waals surface area contributed by atoms with Crippen molar-refractivity contribution in [1.82, 2.24) is 20.5 Å². The van der Waals surface area contributed by atoms with Crippen LogP contribution in [0, 0.1) is 4.77 Å². The molecule has 134 valence electrons. The Balaban J connectivity index is 1.92. The molecular formula is C14H13F3N4O3S. The number of hydrogen-bond acceptors (Lipinski definition) is 5. The molecule has 0 aliphatic heterocycles. The van der Waals surface area contributed by atoms with Crippen molar-refractivity contribution in [3.8, 4) is 5.75 Å². The van der Waals surface area contributed by atoms with Gasteiger partial charge in [-0.25, -0.2) is 0 Å². The minimum atomic E-state index is -4.82. The van der Waals surface area contributed by atoms with Gasteiger partial charge in [-0.3, -0.25) is 19.7 Å². The van der Waals surface area contributed by atoms with E-state index in [2.05, 4.69) is 25.2 Å². The summed E-state index contributed by atoms with van der Waals surface area (Å²) < 4.78 is 41.0. The second kappa shape index (κ2) is 7.92. The third kappa shape index (κ3) is 6.03. The Bertz CT molecular complexity index is 863. The van der Waals surface area contributed by atoms with Gasteiger partial charge in [-0.1, -0.05) is 18.2 Å². The fourth-order valence-corrected chi connectivity index (χ4v) is 2.07. The summed E-state index contributed by atoms with van der Waals surface area (Å²) in [5.74, 6) is -0.838. The van der Waals surface area contributed by atoms with Crippen molar-refractivity contribution in [2.75, 3.05) is 0 Å². The molecule has 0 aliphatic carbocycles. The molecule has 1 aromatic carbocycles. The number of nitrogens with one attached hydrogen (secondary N) is 3.